The van der Waals surface area contributed by atoms with Gasteiger partial charge < -0.3 is 10.5 Å². The Morgan fingerprint density at radius 2 is 1.95 bits per heavy atom. The number of hydrogen-bond acceptors (Lipinski definition) is 5. The van der Waals surface area contributed by atoms with E-state index >= 15 is 0 Å². The van der Waals surface area contributed by atoms with E-state index in [1.165, 1.54) is 18.4 Å². The van der Waals surface area contributed by atoms with E-state index in [4.69, 9.17) is 10.5 Å². The van der Waals surface area contributed by atoms with E-state index in [9.17, 15) is 9.59 Å². The third kappa shape index (κ3) is 2.34. The molecular weight excluding hydrogens is 286 g/mol. The van der Waals surface area contributed by atoms with E-state index in [1.807, 2.05) is 18.2 Å². The molecule has 21 heavy (non-hydrogen) atoms. The molecule has 0 amide bonds. The summed E-state index contributed by atoms with van der Waals surface area (Å²) in [5, 5.41) is 0.539. The van der Waals surface area contributed by atoms with Crippen molar-refractivity contribution in [2.24, 2.45) is 5.92 Å². The highest BCUT2D eigenvalue weighted by Crippen LogP contribution is 2.40. The highest BCUT2D eigenvalue weighted by atomic mass is 32.1. The quantitative estimate of drug-likeness (QED) is 0.698. The average Bonchev–Trinajstić information content (AvgIpc) is 3.03. The molecule has 1 atom stereocenters. The number of ether oxygens (including phenoxy) is 1. The minimum Gasteiger partial charge on any atom is -0.469 e. The van der Waals surface area contributed by atoms with Gasteiger partial charge in [-0.25, -0.2) is 0 Å². The molecule has 0 fully saturated rings. The van der Waals surface area contributed by atoms with Gasteiger partial charge in [0.05, 0.1) is 23.6 Å². The first-order valence-electron chi connectivity index (χ1n) is 6.69. The fourth-order valence-corrected chi connectivity index (χ4v) is 3.95. The monoisotopic (exact) mass is 301 g/mol. The molecule has 0 unspecified atom stereocenters. The van der Waals surface area contributed by atoms with Crippen molar-refractivity contribution in [2.75, 3.05) is 12.8 Å². The first kappa shape index (κ1) is 13.8. The topological polar surface area (TPSA) is 69.4 Å². The van der Waals surface area contributed by atoms with Crippen LogP contribution in [0.5, 0.6) is 0 Å². The molecule has 2 N–H and O–H groups in total. The van der Waals surface area contributed by atoms with Crippen molar-refractivity contribution >= 4 is 28.1 Å². The Bertz CT molecular complexity index is 706. The number of benzene rings is 1. The Morgan fingerprint density at radius 1 is 1.24 bits per heavy atom. The standard InChI is InChI=1S/C16H15NO3S/c1-20-16(19)10-7-11-12(8-10)21-15(17)13(11)14(18)9-5-3-2-4-6-9/h2-6,10H,7-8,17H2,1H3/t10-/m0/s1. The highest BCUT2D eigenvalue weighted by Gasteiger charge is 2.34. The van der Waals surface area contributed by atoms with Crippen molar-refractivity contribution in [1.82, 2.24) is 0 Å². The Labute approximate surface area is 126 Å². The molecule has 1 aliphatic rings. The number of anilines is 1. The molecule has 1 aromatic heterocycles. The second-order valence-electron chi connectivity index (χ2n) is 5.07. The average molecular weight is 301 g/mol. The lowest BCUT2D eigenvalue weighted by atomic mass is 9.99. The van der Waals surface area contributed by atoms with Gasteiger partial charge in [0, 0.05) is 10.4 Å². The second kappa shape index (κ2) is 5.33. The smallest absolute Gasteiger partial charge is 0.309 e. The molecule has 0 spiro atoms. The molecule has 2 aromatic rings. The van der Waals surface area contributed by atoms with Crippen LogP contribution >= 0.6 is 11.3 Å². The van der Waals surface area contributed by atoms with Crippen LogP contribution < -0.4 is 5.73 Å². The summed E-state index contributed by atoms with van der Waals surface area (Å²) in [6.07, 6.45) is 1.14. The fraction of sp³-hybridized carbons (Fsp3) is 0.250. The largest absolute Gasteiger partial charge is 0.469 e. The van der Waals surface area contributed by atoms with Crippen LogP contribution in [-0.4, -0.2) is 18.9 Å². The summed E-state index contributed by atoms with van der Waals surface area (Å²) in [5.41, 5.74) is 8.12. The molecule has 0 aliphatic heterocycles. The first-order valence-corrected chi connectivity index (χ1v) is 7.51. The molecule has 1 aliphatic carbocycles. The van der Waals surface area contributed by atoms with Crippen LogP contribution in [0.15, 0.2) is 30.3 Å². The summed E-state index contributed by atoms with van der Waals surface area (Å²) in [7, 11) is 1.39. The van der Waals surface area contributed by atoms with Gasteiger partial charge in [-0.2, -0.15) is 0 Å². The zero-order valence-corrected chi connectivity index (χ0v) is 12.4. The van der Waals surface area contributed by atoms with Crippen LogP contribution in [0.3, 0.4) is 0 Å². The van der Waals surface area contributed by atoms with E-state index < -0.39 is 0 Å². The maximum atomic E-state index is 12.6. The molecule has 0 radical (unpaired) electrons. The van der Waals surface area contributed by atoms with Gasteiger partial charge in [0.25, 0.3) is 0 Å². The molecular formula is C16H15NO3S. The molecule has 0 bridgehead atoms. The lowest BCUT2D eigenvalue weighted by Crippen LogP contribution is -2.17. The van der Waals surface area contributed by atoms with Gasteiger partial charge in [-0.1, -0.05) is 30.3 Å². The number of carbonyl (C=O) groups excluding carboxylic acids is 2. The first-order chi connectivity index (χ1) is 10.1. The number of fused-ring (bicyclic) bond motifs is 1. The Hall–Kier alpha value is -2.14. The highest BCUT2D eigenvalue weighted by molar-refractivity contribution is 7.16. The molecule has 108 valence electrons. The number of ketones is 1. The zero-order chi connectivity index (χ0) is 15.0. The molecule has 0 saturated carbocycles. The minimum atomic E-state index is -0.227. The predicted octanol–water partition coefficient (Wildman–Crippen LogP) is 2.45. The number of esters is 1. The Balaban J connectivity index is 1.96. The second-order valence-corrected chi connectivity index (χ2v) is 6.20. The summed E-state index contributed by atoms with van der Waals surface area (Å²) in [6, 6.07) is 9.07. The Morgan fingerprint density at radius 3 is 2.62 bits per heavy atom. The minimum absolute atomic E-state index is 0.0730. The molecule has 1 aromatic carbocycles. The van der Waals surface area contributed by atoms with Crippen molar-refractivity contribution in [1.29, 1.82) is 0 Å². The third-order valence-electron chi connectivity index (χ3n) is 3.80. The van der Waals surface area contributed by atoms with Gasteiger partial charge >= 0.3 is 5.97 Å². The van der Waals surface area contributed by atoms with Crippen molar-refractivity contribution in [3.63, 3.8) is 0 Å². The summed E-state index contributed by atoms with van der Waals surface area (Å²) in [5.74, 6) is -0.495. The summed E-state index contributed by atoms with van der Waals surface area (Å²) in [4.78, 5) is 25.4. The maximum Gasteiger partial charge on any atom is 0.309 e. The van der Waals surface area contributed by atoms with Crippen molar-refractivity contribution in [3.8, 4) is 0 Å². The SMILES string of the molecule is COC(=O)[C@@H]1Cc2sc(N)c(C(=O)c3ccccc3)c2C1. The normalized spacial score (nSPS) is 16.5. The van der Waals surface area contributed by atoms with Crippen LogP contribution in [0.25, 0.3) is 0 Å². The fourth-order valence-electron chi connectivity index (χ4n) is 2.77. The number of rotatable bonds is 3. The van der Waals surface area contributed by atoms with Gasteiger partial charge in [-0.3, -0.25) is 9.59 Å². The molecule has 0 saturated heterocycles. The number of nitrogens with two attached hydrogens (primary N) is 1. The summed E-state index contributed by atoms with van der Waals surface area (Å²) in [6.45, 7) is 0. The van der Waals surface area contributed by atoms with Gasteiger partial charge in [-0.15, -0.1) is 11.3 Å². The van der Waals surface area contributed by atoms with Crippen molar-refractivity contribution < 1.29 is 14.3 Å². The maximum absolute atomic E-state index is 12.6. The number of thiophene rings is 1. The van der Waals surface area contributed by atoms with Crippen molar-refractivity contribution in [3.05, 3.63) is 51.9 Å². The van der Waals surface area contributed by atoms with Crippen LogP contribution in [0.1, 0.15) is 26.4 Å². The van der Waals surface area contributed by atoms with Gasteiger partial charge in [-0.05, 0) is 18.4 Å². The number of nitrogen functional groups attached to an aromatic ring is 1. The van der Waals surface area contributed by atoms with E-state index in [0.29, 0.717) is 29.0 Å². The molecule has 4 nitrogen and oxygen atoms in total. The summed E-state index contributed by atoms with van der Waals surface area (Å²) >= 11 is 1.41. The third-order valence-corrected chi connectivity index (χ3v) is 4.88. The number of methoxy groups -OCH3 is 1. The number of hydrogen-bond donors (Lipinski definition) is 1. The lowest BCUT2D eigenvalue weighted by molar-refractivity contribution is -0.145. The van der Waals surface area contributed by atoms with E-state index in [2.05, 4.69) is 0 Å². The number of carbonyl (C=O) groups is 2. The van der Waals surface area contributed by atoms with Crippen LogP contribution in [0, 0.1) is 5.92 Å². The zero-order valence-electron chi connectivity index (χ0n) is 11.6. The van der Waals surface area contributed by atoms with Gasteiger partial charge in [0.15, 0.2) is 5.78 Å². The predicted molar refractivity (Wildman–Crippen MR) is 81.5 cm³/mol. The lowest BCUT2D eigenvalue weighted by Gasteiger charge is -2.07. The van der Waals surface area contributed by atoms with Gasteiger partial charge in [0.2, 0.25) is 0 Å². The van der Waals surface area contributed by atoms with Gasteiger partial charge in [0.1, 0.15) is 0 Å². The van der Waals surface area contributed by atoms with E-state index in [-0.39, 0.29) is 17.7 Å². The van der Waals surface area contributed by atoms with E-state index in [0.717, 1.165) is 10.4 Å². The summed E-state index contributed by atoms with van der Waals surface area (Å²) < 4.78 is 4.80. The van der Waals surface area contributed by atoms with Crippen molar-refractivity contribution in [2.45, 2.75) is 12.8 Å². The molecule has 1 heterocycles. The van der Waals surface area contributed by atoms with E-state index in [1.54, 1.807) is 12.1 Å². The van der Waals surface area contributed by atoms with Crippen LogP contribution in [0.2, 0.25) is 0 Å². The van der Waals surface area contributed by atoms with Crippen LogP contribution in [-0.2, 0) is 22.4 Å². The van der Waals surface area contributed by atoms with Crippen LogP contribution in [0.4, 0.5) is 5.00 Å². The Kier molecular flexibility index (Phi) is 3.51. The molecule has 3 rings (SSSR count). The molecule has 5 heteroatoms.